The van der Waals surface area contributed by atoms with E-state index in [1.807, 2.05) is 19.9 Å². The molecule has 33 heavy (non-hydrogen) atoms. The van der Waals surface area contributed by atoms with E-state index in [1.54, 1.807) is 0 Å². The summed E-state index contributed by atoms with van der Waals surface area (Å²) in [6.45, 7) is 13.5. The maximum Gasteiger partial charge on any atom is 0.309 e. The van der Waals surface area contributed by atoms with Gasteiger partial charge in [-0.05, 0) is 104 Å². The standard InChI is InChI=1S/C29H40O4/c1-17-18-7-8-21-27(4,19(18)15-20(30)23(17)31)12-14-29(6)22-16-26(3,24(32)33)10-9-25(22,2)11-13-28(21,29)5/h7-8,15,20,22,30-31H,9-14,16H2,1-6H3,(H,32,33)/t20?,22-,25-,26-,27+,28-,29+/m1/s1. The van der Waals surface area contributed by atoms with E-state index in [-0.39, 0.29) is 27.4 Å². The topological polar surface area (TPSA) is 77.8 Å². The van der Waals surface area contributed by atoms with Crippen LogP contribution in [0.5, 0.6) is 0 Å². The SMILES string of the molecule is CC1=C(O)C(O)C=C2C1=CC=C1[C@@]2(C)CC[C@@]2(C)[C@@H]3C[C@](C)(C(=O)O)CC[C@]3(C)CC[C@]12C. The molecular formula is C29H40O4. The van der Waals surface area contributed by atoms with Gasteiger partial charge < -0.3 is 15.3 Å². The first-order chi connectivity index (χ1) is 15.2. The fourth-order valence-electron chi connectivity index (χ4n) is 8.77. The van der Waals surface area contributed by atoms with Crippen molar-refractivity contribution in [2.75, 3.05) is 0 Å². The minimum Gasteiger partial charge on any atom is -0.509 e. The molecule has 0 aromatic heterocycles. The Balaban J connectivity index is 1.64. The number of fused-ring (bicyclic) bond motifs is 7. The molecule has 3 fully saturated rings. The summed E-state index contributed by atoms with van der Waals surface area (Å²) < 4.78 is 0. The Hall–Kier alpha value is -1.81. The first-order valence-electron chi connectivity index (χ1n) is 12.7. The number of hydrogen-bond acceptors (Lipinski definition) is 3. The molecule has 4 nitrogen and oxygen atoms in total. The van der Waals surface area contributed by atoms with Crippen LogP contribution in [0.2, 0.25) is 0 Å². The Morgan fingerprint density at radius 1 is 0.970 bits per heavy atom. The Labute approximate surface area is 198 Å². The van der Waals surface area contributed by atoms with E-state index in [9.17, 15) is 20.1 Å². The summed E-state index contributed by atoms with van der Waals surface area (Å²) in [5.74, 6) is -0.221. The molecule has 0 bridgehead atoms. The van der Waals surface area contributed by atoms with Gasteiger partial charge >= 0.3 is 5.97 Å². The lowest BCUT2D eigenvalue weighted by molar-refractivity contribution is -0.178. The van der Waals surface area contributed by atoms with E-state index in [0.29, 0.717) is 5.92 Å². The minimum atomic E-state index is -0.946. The Kier molecular flexibility index (Phi) is 4.63. The van der Waals surface area contributed by atoms with Crippen LogP contribution in [0.4, 0.5) is 0 Å². The normalized spacial score (nSPS) is 49.0. The van der Waals surface area contributed by atoms with Crippen LogP contribution in [0.3, 0.4) is 0 Å². The monoisotopic (exact) mass is 452 g/mol. The van der Waals surface area contributed by atoms with Crippen LogP contribution in [0.1, 0.15) is 86.5 Å². The zero-order valence-corrected chi connectivity index (χ0v) is 21.1. The summed E-state index contributed by atoms with van der Waals surface area (Å²) in [7, 11) is 0. The van der Waals surface area contributed by atoms with Crippen LogP contribution in [-0.4, -0.2) is 27.4 Å². The van der Waals surface area contributed by atoms with E-state index in [1.165, 1.54) is 5.57 Å². The lowest BCUT2D eigenvalue weighted by Crippen LogP contribution is -2.62. The van der Waals surface area contributed by atoms with Gasteiger partial charge in [0.25, 0.3) is 0 Å². The van der Waals surface area contributed by atoms with Crippen LogP contribution >= 0.6 is 0 Å². The van der Waals surface area contributed by atoms with Crippen molar-refractivity contribution in [2.24, 2.45) is 33.0 Å². The van der Waals surface area contributed by atoms with Crippen LogP contribution in [0, 0.1) is 33.0 Å². The van der Waals surface area contributed by atoms with Crippen molar-refractivity contribution in [3.05, 3.63) is 46.3 Å². The predicted molar refractivity (Wildman–Crippen MR) is 130 cm³/mol. The van der Waals surface area contributed by atoms with Crippen LogP contribution in [0.25, 0.3) is 0 Å². The Bertz CT molecular complexity index is 1060. The van der Waals surface area contributed by atoms with Crippen molar-refractivity contribution in [1.82, 2.24) is 0 Å². The summed E-state index contributed by atoms with van der Waals surface area (Å²) in [6, 6.07) is 0. The molecule has 0 aliphatic heterocycles. The zero-order chi connectivity index (χ0) is 24.2. The molecule has 180 valence electrons. The average Bonchev–Trinajstić information content (AvgIpc) is 2.75. The fourth-order valence-corrected chi connectivity index (χ4v) is 8.77. The molecule has 0 aromatic rings. The molecule has 0 heterocycles. The van der Waals surface area contributed by atoms with Crippen molar-refractivity contribution < 1.29 is 20.1 Å². The largest absolute Gasteiger partial charge is 0.509 e. The lowest BCUT2D eigenvalue weighted by Gasteiger charge is -2.70. The number of aliphatic hydroxyl groups excluding tert-OH is 2. The molecule has 4 heteroatoms. The predicted octanol–water partition coefficient (Wildman–Crippen LogP) is 6.49. The molecule has 7 atom stereocenters. The van der Waals surface area contributed by atoms with Crippen molar-refractivity contribution in [3.8, 4) is 0 Å². The van der Waals surface area contributed by atoms with E-state index < -0.39 is 17.5 Å². The molecule has 5 rings (SSSR count). The first kappa shape index (κ1) is 23.0. The van der Waals surface area contributed by atoms with Gasteiger partial charge in [0, 0.05) is 5.41 Å². The third-order valence-corrected chi connectivity index (χ3v) is 11.5. The van der Waals surface area contributed by atoms with Gasteiger partial charge in [-0.2, -0.15) is 0 Å². The van der Waals surface area contributed by atoms with Crippen molar-refractivity contribution in [2.45, 2.75) is 92.6 Å². The molecule has 5 aliphatic carbocycles. The van der Waals surface area contributed by atoms with Gasteiger partial charge in [0.15, 0.2) is 0 Å². The van der Waals surface area contributed by atoms with Crippen LogP contribution in [0.15, 0.2) is 46.3 Å². The number of aliphatic carboxylic acids is 1. The average molecular weight is 453 g/mol. The molecule has 0 radical (unpaired) electrons. The van der Waals surface area contributed by atoms with Gasteiger partial charge in [0.05, 0.1) is 5.41 Å². The molecule has 3 saturated carbocycles. The molecule has 5 aliphatic rings. The summed E-state index contributed by atoms with van der Waals surface area (Å²) in [4.78, 5) is 12.2. The van der Waals surface area contributed by atoms with Crippen molar-refractivity contribution in [3.63, 3.8) is 0 Å². The van der Waals surface area contributed by atoms with Crippen LogP contribution < -0.4 is 0 Å². The van der Waals surface area contributed by atoms with Gasteiger partial charge in [0.2, 0.25) is 0 Å². The van der Waals surface area contributed by atoms with Crippen LogP contribution in [-0.2, 0) is 4.79 Å². The van der Waals surface area contributed by atoms with E-state index in [4.69, 9.17) is 0 Å². The molecule has 0 amide bonds. The lowest BCUT2D eigenvalue weighted by atomic mass is 9.34. The molecule has 0 spiro atoms. The number of allylic oxidation sites excluding steroid dienone is 6. The van der Waals surface area contributed by atoms with Crippen molar-refractivity contribution >= 4 is 5.97 Å². The molecule has 1 unspecified atom stereocenters. The number of carboxylic acids is 1. The van der Waals surface area contributed by atoms with E-state index in [2.05, 4.69) is 39.8 Å². The number of carbonyl (C=O) groups is 1. The third-order valence-electron chi connectivity index (χ3n) is 11.5. The van der Waals surface area contributed by atoms with Gasteiger partial charge in [-0.1, -0.05) is 45.4 Å². The highest BCUT2D eigenvalue weighted by molar-refractivity contribution is 5.74. The third kappa shape index (κ3) is 2.70. The second-order valence-corrected chi connectivity index (χ2v) is 13.1. The summed E-state index contributed by atoms with van der Waals surface area (Å²) in [5.41, 5.74) is 3.76. The fraction of sp³-hybridized carbons (Fsp3) is 0.690. The van der Waals surface area contributed by atoms with E-state index in [0.717, 1.165) is 61.7 Å². The summed E-state index contributed by atoms with van der Waals surface area (Å²) >= 11 is 0. The Morgan fingerprint density at radius 3 is 2.30 bits per heavy atom. The highest BCUT2D eigenvalue weighted by Gasteiger charge is 2.67. The zero-order valence-electron chi connectivity index (χ0n) is 21.1. The minimum absolute atomic E-state index is 0.0225. The smallest absolute Gasteiger partial charge is 0.309 e. The Morgan fingerprint density at radius 2 is 1.64 bits per heavy atom. The summed E-state index contributed by atoms with van der Waals surface area (Å²) in [5, 5.41) is 31.0. The van der Waals surface area contributed by atoms with Gasteiger partial charge in [-0.25, -0.2) is 0 Å². The number of hydrogen-bond donors (Lipinski definition) is 3. The van der Waals surface area contributed by atoms with Crippen molar-refractivity contribution in [1.29, 1.82) is 0 Å². The number of aliphatic hydroxyl groups is 2. The maximum atomic E-state index is 12.2. The first-order valence-corrected chi connectivity index (χ1v) is 12.7. The van der Waals surface area contributed by atoms with E-state index >= 15 is 0 Å². The second-order valence-electron chi connectivity index (χ2n) is 13.1. The van der Waals surface area contributed by atoms with Gasteiger partial charge in [0.1, 0.15) is 11.9 Å². The highest BCUT2D eigenvalue weighted by atomic mass is 16.4. The van der Waals surface area contributed by atoms with Gasteiger partial charge in [-0.15, -0.1) is 0 Å². The number of rotatable bonds is 1. The molecule has 0 saturated heterocycles. The summed E-state index contributed by atoms with van der Waals surface area (Å²) in [6.07, 6.45) is 12.2. The molecule has 3 N–H and O–H groups in total. The maximum absolute atomic E-state index is 12.2. The highest BCUT2D eigenvalue weighted by Crippen LogP contribution is 2.75. The van der Waals surface area contributed by atoms with Gasteiger partial charge in [-0.3, -0.25) is 4.79 Å². The number of carboxylic acid groups (broad SMARTS) is 1. The second kappa shape index (κ2) is 6.65. The molecule has 0 aromatic carbocycles. The quantitative estimate of drug-likeness (QED) is 0.425. The molecular weight excluding hydrogens is 412 g/mol.